The second-order valence-corrected chi connectivity index (χ2v) is 9.68. The normalized spacial score (nSPS) is 14.7. The molecule has 1 fully saturated rings. The van der Waals surface area contributed by atoms with Crippen LogP contribution in [0.4, 0.5) is 5.69 Å². The maximum Gasteiger partial charge on any atom is 0.348 e. The largest absolute Gasteiger partial charge is 0.497 e. The molecule has 0 bridgehead atoms. The van der Waals surface area contributed by atoms with Gasteiger partial charge in [0, 0.05) is 36.7 Å². The molecule has 1 amide bonds. The number of nitrogens with zero attached hydrogens (tertiary/aromatic N) is 2. The van der Waals surface area contributed by atoms with E-state index in [0.29, 0.717) is 18.0 Å². The topological polar surface area (TPSA) is 68.3 Å². The first kappa shape index (κ1) is 23.2. The Kier molecular flexibility index (Phi) is 6.63. The Bertz CT molecular complexity index is 1230. The lowest BCUT2D eigenvalue weighted by atomic mass is 9.91. The number of anilines is 1. The van der Waals surface area contributed by atoms with Crippen LogP contribution in [0.15, 0.2) is 48.5 Å². The van der Waals surface area contributed by atoms with Crippen LogP contribution < -0.4 is 14.4 Å². The number of rotatable bonds is 6. The zero-order chi connectivity index (χ0) is 24.4. The molecule has 1 aromatic heterocycles. The Morgan fingerprint density at radius 1 is 0.857 bits per heavy atom. The van der Waals surface area contributed by atoms with Gasteiger partial charge in [-0.1, -0.05) is 0 Å². The van der Waals surface area contributed by atoms with Gasteiger partial charge in [0.1, 0.15) is 16.4 Å². The van der Waals surface area contributed by atoms with Crippen LogP contribution in [0, 0.1) is 0 Å². The third-order valence-electron chi connectivity index (χ3n) is 6.63. The minimum Gasteiger partial charge on any atom is -0.497 e. The van der Waals surface area contributed by atoms with Gasteiger partial charge in [-0.15, -0.1) is 11.3 Å². The summed E-state index contributed by atoms with van der Waals surface area (Å²) in [5.41, 5.74) is 4.62. The first-order valence-corrected chi connectivity index (χ1v) is 12.5. The van der Waals surface area contributed by atoms with Gasteiger partial charge in [0.2, 0.25) is 0 Å². The maximum absolute atomic E-state index is 12.7. The van der Waals surface area contributed by atoms with E-state index in [-0.39, 0.29) is 12.5 Å². The van der Waals surface area contributed by atoms with Crippen molar-refractivity contribution in [3.63, 3.8) is 0 Å². The number of piperazine rings is 1. The van der Waals surface area contributed by atoms with Crippen LogP contribution in [-0.4, -0.2) is 63.8 Å². The molecule has 0 unspecified atom stereocenters. The molecule has 1 saturated heterocycles. The fraction of sp³-hybridized carbons (Fsp3) is 0.333. The quantitative estimate of drug-likeness (QED) is 0.484. The van der Waals surface area contributed by atoms with Gasteiger partial charge < -0.3 is 24.0 Å². The van der Waals surface area contributed by atoms with E-state index in [9.17, 15) is 9.59 Å². The van der Waals surface area contributed by atoms with E-state index < -0.39 is 5.97 Å². The van der Waals surface area contributed by atoms with Crippen molar-refractivity contribution in [3.8, 4) is 21.9 Å². The number of carbonyl (C=O) groups is 2. The fourth-order valence-electron chi connectivity index (χ4n) is 4.63. The van der Waals surface area contributed by atoms with Crippen LogP contribution >= 0.6 is 11.3 Å². The van der Waals surface area contributed by atoms with Crippen molar-refractivity contribution in [2.24, 2.45) is 0 Å². The summed E-state index contributed by atoms with van der Waals surface area (Å²) in [7, 11) is 3.31. The standard InChI is InChI=1S/C27H28N2O5S/c1-32-21-7-5-20(6-8-21)28-11-13-29(14-12-28)25(30)17-34-27(31)24-16-19-4-3-18-15-22(33-2)9-10-23(18)26(19)35-24/h5-10,15-16H,3-4,11-14,17H2,1-2H3. The number of ether oxygens (including phenoxy) is 3. The minimum atomic E-state index is -0.440. The summed E-state index contributed by atoms with van der Waals surface area (Å²) in [4.78, 5) is 31.0. The molecule has 1 aliphatic carbocycles. The van der Waals surface area contributed by atoms with Gasteiger partial charge in [-0.25, -0.2) is 4.79 Å². The van der Waals surface area contributed by atoms with E-state index in [0.717, 1.165) is 59.1 Å². The predicted octanol–water partition coefficient (Wildman–Crippen LogP) is 4.04. The van der Waals surface area contributed by atoms with E-state index in [1.807, 2.05) is 42.5 Å². The van der Waals surface area contributed by atoms with Crippen molar-refractivity contribution in [3.05, 3.63) is 64.5 Å². The molecule has 5 rings (SSSR count). The molecule has 1 aliphatic heterocycles. The summed E-state index contributed by atoms with van der Waals surface area (Å²) in [6.07, 6.45) is 1.78. The molecule has 2 aliphatic rings. The summed E-state index contributed by atoms with van der Waals surface area (Å²) < 4.78 is 16.0. The molecule has 2 heterocycles. The first-order valence-electron chi connectivity index (χ1n) is 11.7. The molecule has 0 spiro atoms. The fourth-order valence-corrected chi connectivity index (χ4v) is 5.80. The van der Waals surface area contributed by atoms with Crippen LogP contribution in [0.1, 0.15) is 20.8 Å². The van der Waals surface area contributed by atoms with Crippen molar-refractivity contribution in [1.29, 1.82) is 0 Å². The van der Waals surface area contributed by atoms with Crippen molar-refractivity contribution < 1.29 is 23.8 Å². The van der Waals surface area contributed by atoms with Crippen molar-refractivity contribution in [2.45, 2.75) is 12.8 Å². The summed E-state index contributed by atoms with van der Waals surface area (Å²) in [5, 5.41) is 0. The number of benzene rings is 2. The van der Waals surface area contributed by atoms with Crippen LogP contribution in [-0.2, 0) is 22.4 Å². The lowest BCUT2D eigenvalue weighted by Gasteiger charge is -2.36. The van der Waals surface area contributed by atoms with E-state index in [2.05, 4.69) is 11.0 Å². The van der Waals surface area contributed by atoms with Gasteiger partial charge in [0.15, 0.2) is 6.61 Å². The zero-order valence-electron chi connectivity index (χ0n) is 19.9. The smallest absolute Gasteiger partial charge is 0.348 e. The Labute approximate surface area is 208 Å². The molecule has 7 nitrogen and oxygen atoms in total. The average molecular weight is 493 g/mol. The number of hydrogen-bond donors (Lipinski definition) is 0. The van der Waals surface area contributed by atoms with Crippen LogP contribution in [0.2, 0.25) is 0 Å². The lowest BCUT2D eigenvalue weighted by molar-refractivity contribution is -0.134. The van der Waals surface area contributed by atoms with Crippen LogP contribution in [0.5, 0.6) is 11.5 Å². The van der Waals surface area contributed by atoms with Crippen molar-refractivity contribution in [2.75, 3.05) is 51.9 Å². The molecule has 0 radical (unpaired) electrons. The number of hydrogen-bond acceptors (Lipinski definition) is 7. The Balaban J connectivity index is 1.15. The second-order valence-electron chi connectivity index (χ2n) is 8.63. The maximum atomic E-state index is 12.7. The molecular formula is C27H28N2O5S. The summed E-state index contributed by atoms with van der Waals surface area (Å²) >= 11 is 1.43. The number of amides is 1. The zero-order valence-corrected chi connectivity index (χ0v) is 20.7. The number of thiophene rings is 1. The summed E-state index contributed by atoms with van der Waals surface area (Å²) in [6.45, 7) is 2.41. The van der Waals surface area contributed by atoms with Gasteiger partial charge in [0.05, 0.1) is 14.2 Å². The van der Waals surface area contributed by atoms with Crippen LogP contribution in [0.3, 0.4) is 0 Å². The molecule has 35 heavy (non-hydrogen) atoms. The summed E-state index contributed by atoms with van der Waals surface area (Å²) in [6, 6.07) is 15.9. The van der Waals surface area contributed by atoms with E-state index in [4.69, 9.17) is 14.2 Å². The monoisotopic (exact) mass is 492 g/mol. The Morgan fingerprint density at radius 3 is 2.26 bits per heavy atom. The minimum absolute atomic E-state index is 0.161. The molecule has 0 atom stereocenters. The highest BCUT2D eigenvalue weighted by atomic mass is 32.1. The highest BCUT2D eigenvalue weighted by Crippen LogP contribution is 2.41. The Hall–Kier alpha value is -3.52. The van der Waals surface area contributed by atoms with E-state index in [1.165, 1.54) is 16.9 Å². The third-order valence-corrected chi connectivity index (χ3v) is 7.82. The number of carbonyl (C=O) groups excluding carboxylic acids is 2. The highest BCUT2D eigenvalue weighted by molar-refractivity contribution is 7.17. The van der Waals surface area contributed by atoms with Gasteiger partial charge in [-0.3, -0.25) is 4.79 Å². The Morgan fingerprint density at radius 2 is 1.54 bits per heavy atom. The molecule has 182 valence electrons. The predicted molar refractivity (Wildman–Crippen MR) is 136 cm³/mol. The molecule has 2 aromatic carbocycles. The van der Waals surface area contributed by atoms with Gasteiger partial charge >= 0.3 is 5.97 Å². The molecular weight excluding hydrogens is 464 g/mol. The van der Waals surface area contributed by atoms with E-state index >= 15 is 0 Å². The SMILES string of the molecule is COc1ccc(N2CCN(C(=O)COC(=O)c3cc4c(s3)-c3ccc(OC)cc3CC4)CC2)cc1. The molecule has 3 aromatic rings. The molecule has 8 heteroatoms. The first-order chi connectivity index (χ1) is 17.1. The highest BCUT2D eigenvalue weighted by Gasteiger charge is 2.25. The van der Waals surface area contributed by atoms with Gasteiger partial charge in [0.25, 0.3) is 5.91 Å². The van der Waals surface area contributed by atoms with Crippen LogP contribution in [0.25, 0.3) is 10.4 Å². The van der Waals surface area contributed by atoms with Crippen molar-refractivity contribution >= 4 is 28.9 Å². The summed E-state index contributed by atoms with van der Waals surface area (Å²) in [5.74, 6) is 1.06. The molecule has 0 N–H and O–H groups in total. The lowest BCUT2D eigenvalue weighted by Crippen LogP contribution is -2.49. The molecule has 0 saturated carbocycles. The number of methoxy groups -OCH3 is 2. The van der Waals surface area contributed by atoms with Gasteiger partial charge in [-0.2, -0.15) is 0 Å². The number of fused-ring (bicyclic) bond motifs is 3. The van der Waals surface area contributed by atoms with Gasteiger partial charge in [-0.05, 0) is 78.1 Å². The number of esters is 1. The second kappa shape index (κ2) is 10.00. The number of aryl methyl sites for hydroxylation is 2. The van der Waals surface area contributed by atoms with Crippen molar-refractivity contribution in [1.82, 2.24) is 4.90 Å². The van der Waals surface area contributed by atoms with E-state index in [1.54, 1.807) is 19.1 Å². The third kappa shape index (κ3) is 4.84. The average Bonchev–Trinajstić information content (AvgIpc) is 3.36.